The van der Waals surface area contributed by atoms with Crippen LogP contribution < -0.4 is 0 Å². The van der Waals surface area contributed by atoms with Crippen molar-refractivity contribution in [2.45, 2.75) is 0 Å². The van der Waals surface area contributed by atoms with Crippen molar-refractivity contribution in [3.63, 3.8) is 0 Å². The monoisotopic (exact) mass is 141 g/mol. The minimum atomic E-state index is -0.941. The number of rotatable bonds is 1. The third-order valence-corrected chi connectivity index (χ3v) is 1.56. The number of ether oxygens (including phenoxy) is 1. The van der Waals surface area contributed by atoms with E-state index in [1.807, 2.05) is 6.07 Å². The fourth-order valence-corrected chi connectivity index (χ4v) is 0.925. The van der Waals surface area contributed by atoms with Crippen molar-refractivity contribution in [3.8, 4) is 6.07 Å². The van der Waals surface area contributed by atoms with E-state index in [4.69, 9.17) is 15.1 Å². The second-order valence-corrected chi connectivity index (χ2v) is 2.22. The number of nitriles is 1. The summed E-state index contributed by atoms with van der Waals surface area (Å²) in [6, 6.07) is 1.89. The highest BCUT2D eigenvalue weighted by molar-refractivity contribution is 5.71. The Morgan fingerprint density at radius 1 is 1.70 bits per heavy atom. The molecule has 1 aliphatic rings. The van der Waals surface area contributed by atoms with E-state index in [1.165, 1.54) is 0 Å². The van der Waals surface area contributed by atoms with E-state index in [9.17, 15) is 4.79 Å². The first-order valence-corrected chi connectivity index (χ1v) is 2.96. The van der Waals surface area contributed by atoms with Crippen LogP contribution >= 0.6 is 0 Å². The van der Waals surface area contributed by atoms with Gasteiger partial charge in [0.1, 0.15) is 0 Å². The average Bonchev–Trinajstić information content (AvgIpc) is 2.33. The molecule has 4 heteroatoms. The number of carbonyl (C=O) groups is 1. The zero-order valence-corrected chi connectivity index (χ0v) is 5.28. The lowest BCUT2D eigenvalue weighted by Crippen LogP contribution is -2.20. The van der Waals surface area contributed by atoms with E-state index >= 15 is 0 Å². The van der Waals surface area contributed by atoms with Crippen LogP contribution in [0.2, 0.25) is 0 Å². The molecule has 4 nitrogen and oxygen atoms in total. The van der Waals surface area contributed by atoms with Gasteiger partial charge in [-0.15, -0.1) is 0 Å². The van der Waals surface area contributed by atoms with E-state index < -0.39 is 17.8 Å². The summed E-state index contributed by atoms with van der Waals surface area (Å²) in [5, 5.41) is 16.9. The Balaban J connectivity index is 2.61. The molecule has 0 aromatic rings. The van der Waals surface area contributed by atoms with Gasteiger partial charge in [-0.2, -0.15) is 5.26 Å². The van der Waals surface area contributed by atoms with Gasteiger partial charge < -0.3 is 9.84 Å². The molecule has 0 aromatic heterocycles. The molecule has 1 saturated heterocycles. The van der Waals surface area contributed by atoms with Crippen molar-refractivity contribution < 1.29 is 14.6 Å². The topological polar surface area (TPSA) is 70.3 Å². The minimum Gasteiger partial charge on any atom is -0.481 e. The lowest BCUT2D eigenvalue weighted by atomic mass is 9.98. The largest absolute Gasteiger partial charge is 0.481 e. The zero-order chi connectivity index (χ0) is 7.56. The molecule has 0 radical (unpaired) electrons. The van der Waals surface area contributed by atoms with Crippen LogP contribution in [0, 0.1) is 23.2 Å². The van der Waals surface area contributed by atoms with Crippen molar-refractivity contribution >= 4 is 5.97 Å². The van der Waals surface area contributed by atoms with Crippen LogP contribution in [0.1, 0.15) is 0 Å². The standard InChI is InChI=1S/C6H7NO3/c7-1-4-2-10-3-5(4)6(8)9/h4-5H,2-3H2,(H,8,9). The van der Waals surface area contributed by atoms with E-state index in [-0.39, 0.29) is 13.2 Å². The lowest BCUT2D eigenvalue weighted by Gasteiger charge is -2.02. The van der Waals surface area contributed by atoms with Crippen LogP contribution in [0.4, 0.5) is 0 Å². The Kier molecular flexibility index (Phi) is 1.88. The van der Waals surface area contributed by atoms with Crippen molar-refractivity contribution in [1.82, 2.24) is 0 Å². The van der Waals surface area contributed by atoms with Gasteiger partial charge in [0.15, 0.2) is 0 Å². The first kappa shape index (κ1) is 7.03. The van der Waals surface area contributed by atoms with E-state index in [1.54, 1.807) is 0 Å². The van der Waals surface area contributed by atoms with E-state index in [0.29, 0.717) is 0 Å². The van der Waals surface area contributed by atoms with Gasteiger partial charge in [0.05, 0.1) is 31.1 Å². The number of nitrogens with zero attached hydrogens (tertiary/aromatic N) is 1. The van der Waals surface area contributed by atoms with E-state index in [2.05, 4.69) is 0 Å². The molecule has 0 spiro atoms. The quantitative estimate of drug-likeness (QED) is 0.551. The van der Waals surface area contributed by atoms with Gasteiger partial charge in [-0.1, -0.05) is 0 Å². The maximum absolute atomic E-state index is 10.3. The lowest BCUT2D eigenvalue weighted by molar-refractivity contribution is -0.142. The second kappa shape index (κ2) is 2.67. The molecule has 1 N–H and O–H groups in total. The molecule has 1 aliphatic heterocycles. The Hall–Kier alpha value is -1.08. The third-order valence-electron chi connectivity index (χ3n) is 1.56. The van der Waals surface area contributed by atoms with Gasteiger partial charge in [0, 0.05) is 0 Å². The summed E-state index contributed by atoms with van der Waals surface area (Å²) in [7, 11) is 0. The normalized spacial score (nSPS) is 31.5. The number of carboxylic acids is 1. The van der Waals surface area contributed by atoms with E-state index in [0.717, 1.165) is 0 Å². The molecule has 0 aromatic carbocycles. The predicted molar refractivity (Wildman–Crippen MR) is 31.0 cm³/mol. The molecule has 2 atom stereocenters. The van der Waals surface area contributed by atoms with Gasteiger partial charge in [0.25, 0.3) is 0 Å². The van der Waals surface area contributed by atoms with Crippen LogP contribution in [0.15, 0.2) is 0 Å². The number of hydrogen-bond acceptors (Lipinski definition) is 3. The van der Waals surface area contributed by atoms with Gasteiger partial charge in [-0.3, -0.25) is 4.79 Å². The number of hydrogen-bond donors (Lipinski definition) is 1. The van der Waals surface area contributed by atoms with Gasteiger partial charge in [-0.05, 0) is 0 Å². The first-order chi connectivity index (χ1) is 4.75. The van der Waals surface area contributed by atoms with Crippen molar-refractivity contribution in [3.05, 3.63) is 0 Å². The van der Waals surface area contributed by atoms with Crippen LogP contribution in [0.25, 0.3) is 0 Å². The SMILES string of the molecule is N#CC1COCC1C(=O)O. The molecule has 0 bridgehead atoms. The molecule has 0 saturated carbocycles. The summed E-state index contributed by atoms with van der Waals surface area (Å²) in [6.45, 7) is 0.432. The number of carboxylic acid groups (broad SMARTS) is 1. The molecule has 0 amide bonds. The van der Waals surface area contributed by atoms with Crippen LogP contribution in [0.3, 0.4) is 0 Å². The first-order valence-electron chi connectivity index (χ1n) is 2.96. The highest BCUT2D eigenvalue weighted by atomic mass is 16.5. The summed E-state index contributed by atoms with van der Waals surface area (Å²) in [4.78, 5) is 10.3. The van der Waals surface area contributed by atoms with Crippen LogP contribution in [0.5, 0.6) is 0 Å². The molecular weight excluding hydrogens is 134 g/mol. The highest BCUT2D eigenvalue weighted by Gasteiger charge is 2.33. The molecule has 2 unspecified atom stereocenters. The van der Waals surface area contributed by atoms with Crippen molar-refractivity contribution in [2.75, 3.05) is 13.2 Å². The molecule has 10 heavy (non-hydrogen) atoms. The van der Waals surface area contributed by atoms with Crippen molar-refractivity contribution in [2.24, 2.45) is 11.8 Å². The Labute approximate surface area is 58.0 Å². The molecular formula is C6H7NO3. The Morgan fingerprint density at radius 3 is 2.80 bits per heavy atom. The predicted octanol–water partition coefficient (Wildman–Crippen LogP) is -0.143. The summed E-state index contributed by atoms with van der Waals surface area (Å²) in [5.74, 6) is -2.02. The molecule has 54 valence electrons. The van der Waals surface area contributed by atoms with Gasteiger partial charge in [0.2, 0.25) is 0 Å². The maximum atomic E-state index is 10.3. The Morgan fingerprint density at radius 2 is 2.40 bits per heavy atom. The fourth-order valence-electron chi connectivity index (χ4n) is 0.925. The second-order valence-electron chi connectivity index (χ2n) is 2.22. The van der Waals surface area contributed by atoms with Crippen LogP contribution in [-0.2, 0) is 9.53 Å². The maximum Gasteiger partial charge on any atom is 0.310 e. The van der Waals surface area contributed by atoms with Gasteiger partial charge >= 0.3 is 5.97 Å². The molecule has 1 fully saturated rings. The van der Waals surface area contributed by atoms with Crippen molar-refractivity contribution in [1.29, 1.82) is 5.26 Å². The van der Waals surface area contributed by atoms with Gasteiger partial charge in [-0.25, -0.2) is 0 Å². The summed E-state index contributed by atoms with van der Waals surface area (Å²) < 4.78 is 4.82. The molecule has 1 heterocycles. The van der Waals surface area contributed by atoms with Crippen LogP contribution in [-0.4, -0.2) is 24.3 Å². The minimum absolute atomic E-state index is 0.174. The molecule has 1 rings (SSSR count). The fraction of sp³-hybridized carbons (Fsp3) is 0.667. The third kappa shape index (κ3) is 1.09. The Bertz CT molecular complexity index is 184. The average molecular weight is 141 g/mol. The highest BCUT2D eigenvalue weighted by Crippen LogP contribution is 2.19. The summed E-state index contributed by atoms with van der Waals surface area (Å²) in [6.07, 6.45) is 0. The molecule has 0 aliphatic carbocycles. The smallest absolute Gasteiger partial charge is 0.310 e. The number of aliphatic carboxylic acids is 1. The zero-order valence-electron chi connectivity index (χ0n) is 5.28. The summed E-state index contributed by atoms with van der Waals surface area (Å²) >= 11 is 0. The summed E-state index contributed by atoms with van der Waals surface area (Å²) in [5.41, 5.74) is 0.